The van der Waals surface area contributed by atoms with Gasteiger partial charge >= 0.3 is 6.09 Å². The highest BCUT2D eigenvalue weighted by Crippen LogP contribution is 2.62. The van der Waals surface area contributed by atoms with Crippen molar-refractivity contribution in [1.29, 1.82) is 0 Å². The van der Waals surface area contributed by atoms with Crippen LogP contribution in [0.15, 0.2) is 120 Å². The summed E-state index contributed by atoms with van der Waals surface area (Å²) in [6.45, 7) is 4.51. The molecule has 0 saturated heterocycles. The Balaban J connectivity index is 1.36. The third-order valence-electron chi connectivity index (χ3n) is 11.8. The molecule has 0 unspecified atom stereocenters. The normalized spacial score (nSPS) is 24.1. The molecule has 0 spiro atoms. The van der Waals surface area contributed by atoms with Crippen LogP contribution < -0.4 is 9.47 Å². The Kier molecular flexibility index (Phi) is 12.9. The van der Waals surface area contributed by atoms with E-state index < -0.39 is 23.8 Å². The number of oxime groups is 1. The molecule has 10 heteroatoms. The van der Waals surface area contributed by atoms with Crippen LogP contribution in [-0.4, -0.2) is 72.7 Å². The zero-order valence-corrected chi connectivity index (χ0v) is 32.9. The molecule has 7 rings (SSSR count). The number of fused-ring (bicyclic) bond motifs is 3. The van der Waals surface area contributed by atoms with Gasteiger partial charge in [0.05, 0.1) is 18.2 Å². The fourth-order valence-electron chi connectivity index (χ4n) is 9.22. The summed E-state index contributed by atoms with van der Waals surface area (Å²) in [7, 11) is 3.26. The maximum Gasteiger partial charge on any atom is 0.410 e. The van der Waals surface area contributed by atoms with E-state index in [9.17, 15) is 15.0 Å². The first kappa shape index (κ1) is 40.1. The van der Waals surface area contributed by atoms with Crippen molar-refractivity contribution in [3.8, 4) is 17.2 Å². The molecule has 1 aliphatic heterocycles. The van der Waals surface area contributed by atoms with Crippen LogP contribution in [0.2, 0.25) is 0 Å². The van der Waals surface area contributed by atoms with E-state index in [1.54, 1.807) is 18.0 Å². The van der Waals surface area contributed by atoms with Crippen LogP contribution in [0.25, 0.3) is 10.8 Å². The number of carbonyl (C=O) groups excluding carboxylic acids is 1. The number of aliphatic hydroxyl groups excluding tert-OH is 2. The predicted octanol–water partition coefficient (Wildman–Crippen LogP) is 9.16. The summed E-state index contributed by atoms with van der Waals surface area (Å²) >= 11 is 0. The summed E-state index contributed by atoms with van der Waals surface area (Å²) < 4.78 is 26.6. The largest absolute Gasteiger partial charge is 0.459 e. The molecule has 3 aliphatic rings. The van der Waals surface area contributed by atoms with Crippen LogP contribution >= 0.6 is 0 Å². The number of likely N-dealkylation sites (N-methyl/N-ethyl adjacent to an activating group) is 1. The molecule has 4 aromatic carbocycles. The van der Waals surface area contributed by atoms with Gasteiger partial charge in [0.15, 0.2) is 0 Å². The molecule has 0 bridgehead atoms. The summed E-state index contributed by atoms with van der Waals surface area (Å²) in [5.74, 6) is 0.297. The number of rotatable bonds is 17. The Morgan fingerprint density at radius 3 is 2.40 bits per heavy atom. The monoisotopic (exact) mass is 774 g/mol. The second kappa shape index (κ2) is 18.4. The van der Waals surface area contributed by atoms with Gasteiger partial charge in [0.2, 0.25) is 5.79 Å². The van der Waals surface area contributed by atoms with E-state index >= 15 is 0 Å². The van der Waals surface area contributed by atoms with Crippen molar-refractivity contribution in [3.05, 3.63) is 126 Å². The quantitative estimate of drug-likeness (QED) is 0.0620. The maximum absolute atomic E-state index is 14.0. The highest BCUT2D eigenvalue weighted by Gasteiger charge is 2.65. The molecule has 1 saturated carbocycles. The van der Waals surface area contributed by atoms with Gasteiger partial charge in [0, 0.05) is 38.2 Å². The van der Waals surface area contributed by atoms with Gasteiger partial charge in [-0.2, -0.15) is 0 Å². The molecule has 4 aromatic rings. The van der Waals surface area contributed by atoms with E-state index in [1.165, 1.54) is 7.11 Å². The fraction of sp³-hybridized carbons (Fsp3) is 0.404. The summed E-state index contributed by atoms with van der Waals surface area (Å²) in [6, 6.07) is 29.2. The van der Waals surface area contributed by atoms with E-state index in [4.69, 9.17) is 23.8 Å². The van der Waals surface area contributed by atoms with Crippen LogP contribution in [0.1, 0.15) is 62.0 Å². The first-order valence-electron chi connectivity index (χ1n) is 20.1. The smallest absolute Gasteiger partial charge is 0.410 e. The van der Waals surface area contributed by atoms with Gasteiger partial charge in [-0.05, 0) is 89.8 Å². The van der Waals surface area contributed by atoms with Crippen molar-refractivity contribution in [1.82, 2.24) is 4.90 Å². The Labute approximate surface area is 335 Å². The fourth-order valence-corrected chi connectivity index (χ4v) is 9.22. The van der Waals surface area contributed by atoms with Gasteiger partial charge in [-0.1, -0.05) is 90.8 Å². The SMILES string of the molecule is C=CCO[C@@]12Oc3ccc(Oc4ccc5ccccc5c4)cc3[C@H]3[C@H](CCCCO)[C@@H](CCCCO)C=C(C(=NOC)C[C@@H]1N(C)C(=O)OCc1ccccc1)[C@H]32. The molecular formula is C47H54N2O8. The van der Waals surface area contributed by atoms with Gasteiger partial charge in [0.1, 0.15) is 37.0 Å². The average Bonchev–Trinajstić information content (AvgIpc) is 3.24. The molecule has 6 atom stereocenters. The maximum atomic E-state index is 14.0. The summed E-state index contributed by atoms with van der Waals surface area (Å²) in [5, 5.41) is 26.5. The van der Waals surface area contributed by atoms with Crippen molar-refractivity contribution in [2.45, 2.75) is 69.3 Å². The minimum Gasteiger partial charge on any atom is -0.459 e. The molecule has 1 heterocycles. The molecule has 0 radical (unpaired) electrons. The number of carbonyl (C=O) groups is 1. The van der Waals surface area contributed by atoms with Gasteiger partial charge < -0.3 is 38.9 Å². The molecule has 10 nitrogen and oxygen atoms in total. The molecule has 300 valence electrons. The second-order valence-corrected chi connectivity index (χ2v) is 15.2. The number of hydrogen-bond donors (Lipinski definition) is 2. The minimum atomic E-state index is -1.36. The first-order chi connectivity index (χ1) is 27.9. The number of amides is 1. The standard InChI is InChI=1S/C47H54N2O8/c1-4-26-55-47-43(49(2)46(52)54-31-32-14-6-5-7-15-32)30-41(48-53-3)39-28-35(18-10-12-24-50)38(19-11-13-25-51)44(45(39)47)40-29-37(22-23-42(40)57-47)56-36-21-20-33-16-8-9-17-34(33)27-36/h4-9,14-17,20-23,27-29,35,38,43-45,50-51H,1,10-13,18-19,24-26,30-31H2,2-3H3/t35-,38+,43-,44+,45+,47+/m0/s1. The van der Waals surface area contributed by atoms with E-state index in [0.717, 1.165) is 64.6 Å². The van der Waals surface area contributed by atoms with Gasteiger partial charge in [0.25, 0.3) is 0 Å². The lowest BCUT2D eigenvalue weighted by molar-refractivity contribution is -0.253. The van der Waals surface area contributed by atoms with Crippen molar-refractivity contribution in [3.63, 3.8) is 0 Å². The lowest BCUT2D eigenvalue weighted by atomic mass is 9.55. The third kappa shape index (κ3) is 8.44. The van der Waals surface area contributed by atoms with Crippen LogP contribution in [-0.2, 0) is 20.9 Å². The average molecular weight is 775 g/mol. The predicted molar refractivity (Wildman–Crippen MR) is 220 cm³/mol. The third-order valence-corrected chi connectivity index (χ3v) is 11.8. The van der Waals surface area contributed by atoms with Gasteiger partial charge in [-0.25, -0.2) is 4.79 Å². The Bertz CT molecular complexity index is 2070. The molecule has 1 fully saturated rings. The van der Waals surface area contributed by atoms with E-state index in [2.05, 4.69) is 42.1 Å². The summed E-state index contributed by atoms with van der Waals surface area (Å²) in [5.41, 5.74) is 3.54. The van der Waals surface area contributed by atoms with Crippen molar-refractivity contribution in [2.24, 2.45) is 22.9 Å². The van der Waals surface area contributed by atoms with E-state index in [-0.39, 0.29) is 50.6 Å². The van der Waals surface area contributed by atoms with Crippen molar-refractivity contribution < 1.29 is 38.8 Å². The van der Waals surface area contributed by atoms with Crippen LogP contribution in [0, 0.1) is 17.8 Å². The van der Waals surface area contributed by atoms with Crippen LogP contribution in [0.4, 0.5) is 4.79 Å². The Morgan fingerprint density at radius 1 is 0.930 bits per heavy atom. The molecule has 2 aliphatic carbocycles. The second-order valence-electron chi connectivity index (χ2n) is 15.2. The number of hydrogen-bond acceptors (Lipinski definition) is 9. The highest BCUT2D eigenvalue weighted by molar-refractivity contribution is 6.03. The van der Waals surface area contributed by atoms with E-state index in [1.807, 2.05) is 66.7 Å². The lowest BCUT2D eigenvalue weighted by Gasteiger charge is -2.59. The minimum absolute atomic E-state index is 0.0900. The van der Waals surface area contributed by atoms with Gasteiger partial charge in [-0.3, -0.25) is 0 Å². The number of nitrogens with zero attached hydrogens (tertiary/aromatic N) is 2. The van der Waals surface area contributed by atoms with Gasteiger partial charge in [-0.15, -0.1) is 6.58 Å². The number of aliphatic hydroxyl groups is 2. The summed E-state index contributed by atoms with van der Waals surface area (Å²) in [6.07, 6.45) is 8.53. The topological polar surface area (TPSA) is 119 Å². The zero-order chi connectivity index (χ0) is 39.8. The number of ether oxygens (including phenoxy) is 4. The number of allylic oxidation sites excluding steroid dienone is 1. The molecular weight excluding hydrogens is 721 g/mol. The molecule has 0 aromatic heterocycles. The van der Waals surface area contributed by atoms with E-state index in [0.29, 0.717) is 24.3 Å². The Morgan fingerprint density at radius 2 is 1.65 bits per heavy atom. The molecule has 57 heavy (non-hydrogen) atoms. The lowest BCUT2D eigenvalue weighted by Crippen LogP contribution is -2.69. The molecule has 1 amide bonds. The van der Waals surface area contributed by atoms with Crippen molar-refractivity contribution >= 4 is 22.6 Å². The number of benzene rings is 4. The molecule has 2 N–H and O–H groups in total. The number of unbranched alkanes of at least 4 members (excludes halogenated alkanes) is 2. The van der Waals surface area contributed by atoms with Crippen molar-refractivity contribution in [2.75, 3.05) is 34.0 Å². The summed E-state index contributed by atoms with van der Waals surface area (Å²) in [4.78, 5) is 21.1. The van der Waals surface area contributed by atoms with Crippen LogP contribution in [0.3, 0.4) is 0 Å². The first-order valence-corrected chi connectivity index (χ1v) is 20.1. The highest BCUT2D eigenvalue weighted by atomic mass is 16.7. The Hall–Kier alpha value is -5.16. The zero-order valence-electron chi connectivity index (χ0n) is 32.9. The van der Waals surface area contributed by atoms with Crippen LogP contribution in [0.5, 0.6) is 17.2 Å².